The summed E-state index contributed by atoms with van der Waals surface area (Å²) in [7, 11) is 1.40. The van der Waals surface area contributed by atoms with E-state index in [-0.39, 0.29) is 11.9 Å². The summed E-state index contributed by atoms with van der Waals surface area (Å²) in [5.41, 5.74) is 2.44. The fourth-order valence-electron chi connectivity index (χ4n) is 3.61. The molecule has 1 N–H and O–H groups in total. The Morgan fingerprint density at radius 1 is 1.08 bits per heavy atom. The second-order valence-electron chi connectivity index (χ2n) is 7.00. The molecule has 0 aromatic heterocycles. The van der Waals surface area contributed by atoms with Gasteiger partial charge in [0.25, 0.3) is 0 Å². The van der Waals surface area contributed by atoms with Gasteiger partial charge >= 0.3 is 5.97 Å². The molecule has 1 amide bonds. The van der Waals surface area contributed by atoms with Crippen LogP contribution in [0.15, 0.2) is 18.2 Å². The molecule has 1 aromatic rings. The highest BCUT2D eigenvalue weighted by Gasteiger charge is 2.40. The fraction of sp³-hybridized carbons (Fsp3) is 0.600. The van der Waals surface area contributed by atoms with Crippen LogP contribution in [0, 0.1) is 13.8 Å². The van der Waals surface area contributed by atoms with E-state index in [1.165, 1.54) is 19.1 Å². The Morgan fingerprint density at radius 2 is 1.71 bits per heavy atom. The molecule has 2 rings (SSSR count). The van der Waals surface area contributed by atoms with Crippen LogP contribution in [-0.4, -0.2) is 24.5 Å². The van der Waals surface area contributed by atoms with Gasteiger partial charge < -0.3 is 10.1 Å². The number of carbonyl (C=O) groups is 2. The third-order valence-corrected chi connectivity index (χ3v) is 5.01. The largest absolute Gasteiger partial charge is 0.467 e. The summed E-state index contributed by atoms with van der Waals surface area (Å²) in [6, 6.07) is 6.09. The molecule has 0 heterocycles. The number of hydrogen-bond donors (Lipinski definition) is 1. The van der Waals surface area contributed by atoms with Gasteiger partial charge in [0.2, 0.25) is 5.91 Å². The SMILES string of the molecule is COC(=O)C1(NC(=O)Cc2ccc(C)cc2C)CCCCCCC1. The zero-order valence-electron chi connectivity index (χ0n) is 15.1. The van der Waals surface area contributed by atoms with E-state index in [2.05, 4.69) is 11.4 Å². The molecule has 0 saturated heterocycles. The van der Waals surface area contributed by atoms with Crippen molar-refractivity contribution < 1.29 is 14.3 Å². The number of hydrogen-bond acceptors (Lipinski definition) is 3. The summed E-state index contributed by atoms with van der Waals surface area (Å²) in [5, 5.41) is 3.03. The van der Waals surface area contributed by atoms with Crippen LogP contribution in [0.3, 0.4) is 0 Å². The highest BCUT2D eigenvalue weighted by Crippen LogP contribution is 2.28. The Labute approximate surface area is 145 Å². The zero-order valence-corrected chi connectivity index (χ0v) is 15.1. The fourth-order valence-corrected chi connectivity index (χ4v) is 3.61. The van der Waals surface area contributed by atoms with E-state index in [1.807, 2.05) is 26.0 Å². The maximum atomic E-state index is 12.6. The van der Waals surface area contributed by atoms with Crippen LogP contribution in [0.1, 0.15) is 61.6 Å². The summed E-state index contributed by atoms with van der Waals surface area (Å²) in [5.74, 6) is -0.411. The summed E-state index contributed by atoms with van der Waals surface area (Å²) in [6.45, 7) is 4.05. The van der Waals surface area contributed by atoms with Crippen LogP contribution >= 0.6 is 0 Å². The molecule has 1 fully saturated rings. The lowest BCUT2D eigenvalue weighted by atomic mass is 9.83. The number of amides is 1. The van der Waals surface area contributed by atoms with Crippen LogP contribution in [0.4, 0.5) is 0 Å². The van der Waals surface area contributed by atoms with Gasteiger partial charge in [-0.3, -0.25) is 4.79 Å². The smallest absolute Gasteiger partial charge is 0.331 e. The minimum atomic E-state index is -0.856. The van der Waals surface area contributed by atoms with Gasteiger partial charge in [-0.2, -0.15) is 0 Å². The third-order valence-electron chi connectivity index (χ3n) is 5.01. The molecule has 0 spiro atoms. The molecule has 4 nitrogen and oxygen atoms in total. The van der Waals surface area contributed by atoms with Crippen LogP contribution in [0.5, 0.6) is 0 Å². The minimum Gasteiger partial charge on any atom is -0.467 e. The lowest BCUT2D eigenvalue weighted by Gasteiger charge is -2.33. The van der Waals surface area contributed by atoms with Crippen LogP contribution in [-0.2, 0) is 20.7 Å². The lowest BCUT2D eigenvalue weighted by molar-refractivity contribution is -0.152. The molecule has 0 atom stereocenters. The first kappa shape index (κ1) is 18.5. The van der Waals surface area contributed by atoms with E-state index >= 15 is 0 Å². The van der Waals surface area contributed by atoms with Crippen molar-refractivity contribution in [2.75, 3.05) is 7.11 Å². The van der Waals surface area contributed by atoms with Crippen molar-refractivity contribution in [2.45, 2.75) is 70.8 Å². The number of esters is 1. The van der Waals surface area contributed by atoms with E-state index in [0.717, 1.165) is 36.8 Å². The Bertz CT molecular complexity index is 587. The summed E-state index contributed by atoms with van der Waals surface area (Å²) >= 11 is 0. The molecular formula is C20H29NO3. The maximum absolute atomic E-state index is 12.6. The molecule has 1 aliphatic rings. The van der Waals surface area contributed by atoms with Crippen molar-refractivity contribution in [3.8, 4) is 0 Å². The zero-order chi connectivity index (χ0) is 17.6. The van der Waals surface area contributed by atoms with E-state index in [4.69, 9.17) is 4.74 Å². The molecule has 132 valence electrons. The van der Waals surface area contributed by atoms with E-state index in [0.29, 0.717) is 19.3 Å². The number of methoxy groups -OCH3 is 1. The van der Waals surface area contributed by atoms with Crippen LogP contribution < -0.4 is 5.32 Å². The number of carbonyl (C=O) groups excluding carboxylic acids is 2. The topological polar surface area (TPSA) is 55.4 Å². The average Bonchev–Trinajstić information content (AvgIpc) is 2.52. The minimum absolute atomic E-state index is 0.104. The molecule has 0 unspecified atom stereocenters. The highest BCUT2D eigenvalue weighted by molar-refractivity contribution is 5.89. The predicted molar refractivity (Wildman–Crippen MR) is 94.8 cm³/mol. The first-order chi connectivity index (χ1) is 11.5. The molecule has 0 aliphatic heterocycles. The maximum Gasteiger partial charge on any atom is 0.331 e. The normalized spacial score (nSPS) is 17.5. The van der Waals surface area contributed by atoms with Gasteiger partial charge in [-0.25, -0.2) is 4.79 Å². The first-order valence-corrected chi connectivity index (χ1v) is 8.92. The van der Waals surface area contributed by atoms with Crippen molar-refractivity contribution >= 4 is 11.9 Å². The molecule has 0 bridgehead atoms. The van der Waals surface area contributed by atoms with Crippen LogP contribution in [0.2, 0.25) is 0 Å². The number of benzene rings is 1. The van der Waals surface area contributed by atoms with Gasteiger partial charge in [0.15, 0.2) is 0 Å². The summed E-state index contributed by atoms with van der Waals surface area (Å²) < 4.78 is 5.03. The highest BCUT2D eigenvalue weighted by atomic mass is 16.5. The van der Waals surface area contributed by atoms with Crippen molar-refractivity contribution in [1.82, 2.24) is 5.32 Å². The van der Waals surface area contributed by atoms with Crippen molar-refractivity contribution in [1.29, 1.82) is 0 Å². The van der Waals surface area contributed by atoms with Crippen molar-refractivity contribution in [3.05, 3.63) is 34.9 Å². The van der Waals surface area contributed by atoms with Crippen molar-refractivity contribution in [3.63, 3.8) is 0 Å². The molecule has 1 saturated carbocycles. The quantitative estimate of drug-likeness (QED) is 0.857. The molecule has 1 aliphatic carbocycles. The van der Waals surface area contributed by atoms with E-state index in [9.17, 15) is 9.59 Å². The second kappa shape index (κ2) is 8.32. The van der Waals surface area contributed by atoms with E-state index < -0.39 is 5.54 Å². The number of rotatable bonds is 4. The number of ether oxygens (including phenoxy) is 1. The van der Waals surface area contributed by atoms with Gasteiger partial charge in [-0.15, -0.1) is 0 Å². The third kappa shape index (κ3) is 4.59. The standard InChI is InChI=1S/C20H29NO3/c1-15-9-10-17(16(2)13-15)14-18(22)21-20(19(23)24-3)11-7-5-4-6-8-12-20/h9-10,13H,4-8,11-12,14H2,1-3H3,(H,21,22). The van der Waals surface area contributed by atoms with Gasteiger partial charge in [0, 0.05) is 0 Å². The monoisotopic (exact) mass is 331 g/mol. The molecule has 0 radical (unpaired) electrons. The number of aryl methyl sites for hydroxylation is 2. The number of nitrogens with one attached hydrogen (secondary N) is 1. The van der Waals surface area contributed by atoms with Crippen LogP contribution in [0.25, 0.3) is 0 Å². The Balaban J connectivity index is 2.12. The molecule has 24 heavy (non-hydrogen) atoms. The molecule has 1 aromatic carbocycles. The van der Waals surface area contributed by atoms with E-state index in [1.54, 1.807) is 0 Å². The molecule has 4 heteroatoms. The van der Waals surface area contributed by atoms with Crippen molar-refractivity contribution in [2.24, 2.45) is 0 Å². The lowest BCUT2D eigenvalue weighted by Crippen LogP contribution is -2.55. The summed E-state index contributed by atoms with van der Waals surface area (Å²) in [6.07, 6.45) is 6.92. The van der Waals surface area contributed by atoms with Gasteiger partial charge in [-0.05, 0) is 37.8 Å². The molecular weight excluding hydrogens is 302 g/mol. The Kier molecular flexibility index (Phi) is 6.41. The predicted octanol–water partition coefficient (Wildman–Crippen LogP) is 3.62. The first-order valence-electron chi connectivity index (χ1n) is 8.92. The van der Waals surface area contributed by atoms with Gasteiger partial charge in [0.1, 0.15) is 5.54 Å². The van der Waals surface area contributed by atoms with Gasteiger partial charge in [-0.1, -0.05) is 55.9 Å². The second-order valence-corrected chi connectivity index (χ2v) is 7.00. The summed E-state index contributed by atoms with van der Waals surface area (Å²) in [4.78, 5) is 25.0. The Morgan fingerprint density at radius 3 is 2.29 bits per heavy atom. The Hall–Kier alpha value is -1.84. The van der Waals surface area contributed by atoms with Gasteiger partial charge in [0.05, 0.1) is 13.5 Å². The average molecular weight is 331 g/mol.